The van der Waals surface area contributed by atoms with Crippen LogP contribution in [0.5, 0.6) is 5.75 Å². The minimum atomic E-state index is -0.959. The number of nitrogens with one attached hydrogen (secondary N) is 2. The summed E-state index contributed by atoms with van der Waals surface area (Å²) in [7, 11) is 1.32. The fourth-order valence-electron chi connectivity index (χ4n) is 5.26. The van der Waals surface area contributed by atoms with Crippen LogP contribution >= 0.6 is 11.8 Å². The monoisotopic (exact) mass is 671 g/mol. The molecule has 0 aromatic heterocycles. The Morgan fingerprint density at radius 3 is 2.23 bits per heavy atom. The van der Waals surface area contributed by atoms with Gasteiger partial charge in [0.15, 0.2) is 0 Å². The molecule has 12 nitrogen and oxygen atoms in total. The second-order valence-corrected chi connectivity index (χ2v) is 12.5. The number of carbonyl (C=O) groups excluding carboxylic acids is 5. The fourth-order valence-corrected chi connectivity index (χ4v) is 5.73. The van der Waals surface area contributed by atoms with Crippen LogP contribution in [0.25, 0.3) is 0 Å². The van der Waals surface area contributed by atoms with Gasteiger partial charge in [-0.25, -0.2) is 0 Å². The Bertz CT molecular complexity index is 1330. The van der Waals surface area contributed by atoms with E-state index in [9.17, 15) is 29.1 Å². The lowest BCUT2D eigenvalue weighted by Gasteiger charge is -2.30. The lowest BCUT2D eigenvalue weighted by molar-refractivity contribution is -0.141. The second kappa shape index (κ2) is 20.2. The van der Waals surface area contributed by atoms with E-state index in [1.54, 1.807) is 12.1 Å². The summed E-state index contributed by atoms with van der Waals surface area (Å²) >= 11 is 1.50. The first-order chi connectivity index (χ1) is 22.4. The molecule has 0 spiro atoms. The van der Waals surface area contributed by atoms with Gasteiger partial charge in [-0.05, 0) is 85.9 Å². The Hall–Kier alpha value is -4.10. The van der Waals surface area contributed by atoms with Gasteiger partial charge in [-0.2, -0.15) is 11.8 Å². The number of methoxy groups -OCH3 is 1. The first-order valence-corrected chi connectivity index (χ1v) is 17.1. The molecule has 0 unspecified atom stereocenters. The van der Waals surface area contributed by atoms with Crippen molar-refractivity contribution in [3.63, 3.8) is 0 Å². The predicted octanol–water partition coefficient (Wildman–Crippen LogP) is 1.89. The Balaban J connectivity index is 2.13. The smallest absolute Gasteiger partial charge is 0.305 e. The number of unbranched alkanes of at least 4 members (excludes halogenated alkanes) is 2. The zero-order valence-electron chi connectivity index (χ0n) is 27.8. The highest BCUT2D eigenvalue weighted by atomic mass is 32.2. The molecule has 0 aliphatic heterocycles. The fraction of sp³-hybridized carbons (Fsp3) is 0.500. The first kappa shape index (κ1) is 39.1. The van der Waals surface area contributed by atoms with Gasteiger partial charge in [0.05, 0.1) is 19.7 Å². The lowest BCUT2D eigenvalue weighted by Crippen LogP contribution is -2.55. The number of rotatable bonds is 20. The molecule has 258 valence electrons. The molecular weight excluding hydrogens is 622 g/mol. The Morgan fingerprint density at radius 2 is 1.64 bits per heavy atom. The number of esters is 1. The van der Waals surface area contributed by atoms with Crippen molar-refractivity contribution >= 4 is 41.4 Å². The standard InChI is InChI=1S/C34H49N5O7S/c1-22-17-25(40)18-23(2)26(22)20-27(35)33(44)38-28(14-16-47-4)34(45)37-21-30(41)39(15-10-6-9-13-31(42)46-3)29(32(36)43)19-24-11-7-5-8-12-24/h5,7-8,11-12,17-18,27-29,40H,6,9-10,13-16,19-21,35H2,1-4H3,(H2,36,43)(H,37,45)(H,38,44)/t27-,28+,29-/m0/s1. The molecule has 7 N–H and O–H groups in total. The molecule has 0 heterocycles. The van der Waals surface area contributed by atoms with Crippen LogP contribution in [0.1, 0.15) is 54.4 Å². The molecule has 0 aliphatic rings. The van der Waals surface area contributed by atoms with Crippen LogP contribution in [0.4, 0.5) is 0 Å². The molecule has 0 bridgehead atoms. The van der Waals surface area contributed by atoms with Crippen molar-refractivity contribution in [2.45, 2.75) is 76.9 Å². The van der Waals surface area contributed by atoms with Gasteiger partial charge < -0.3 is 36.8 Å². The molecule has 3 atom stereocenters. The topological polar surface area (TPSA) is 194 Å². The number of aromatic hydroxyl groups is 1. The number of nitrogens with two attached hydrogens (primary N) is 2. The summed E-state index contributed by atoms with van der Waals surface area (Å²) in [5, 5.41) is 15.2. The number of hydrogen-bond acceptors (Lipinski definition) is 9. The molecule has 0 saturated heterocycles. The van der Waals surface area contributed by atoms with Crippen molar-refractivity contribution in [2.24, 2.45) is 11.5 Å². The molecule has 2 aromatic rings. The quantitative estimate of drug-likeness (QED) is 0.103. The van der Waals surface area contributed by atoms with Crippen LogP contribution in [0.15, 0.2) is 42.5 Å². The predicted molar refractivity (Wildman–Crippen MR) is 183 cm³/mol. The third-order valence-electron chi connectivity index (χ3n) is 7.90. The number of aryl methyl sites for hydroxylation is 2. The van der Waals surface area contributed by atoms with Crippen molar-refractivity contribution in [2.75, 3.05) is 32.2 Å². The van der Waals surface area contributed by atoms with Crippen LogP contribution in [0.2, 0.25) is 0 Å². The zero-order valence-corrected chi connectivity index (χ0v) is 28.6. The summed E-state index contributed by atoms with van der Waals surface area (Å²) in [6.45, 7) is 3.43. The van der Waals surface area contributed by atoms with E-state index in [4.69, 9.17) is 11.5 Å². The summed E-state index contributed by atoms with van der Waals surface area (Å²) in [6.07, 6.45) is 4.49. The third-order valence-corrected chi connectivity index (χ3v) is 8.55. The average molecular weight is 672 g/mol. The largest absolute Gasteiger partial charge is 0.508 e. The van der Waals surface area contributed by atoms with Gasteiger partial charge in [0.1, 0.15) is 17.8 Å². The van der Waals surface area contributed by atoms with Crippen LogP contribution in [0, 0.1) is 13.8 Å². The van der Waals surface area contributed by atoms with Crippen LogP contribution in [-0.4, -0.2) is 89.9 Å². The van der Waals surface area contributed by atoms with Crippen LogP contribution in [0.3, 0.4) is 0 Å². The van der Waals surface area contributed by atoms with E-state index in [0.717, 1.165) is 22.3 Å². The number of phenolic OH excluding ortho intramolecular Hbond substituents is 1. The number of primary amides is 1. The number of carbonyl (C=O) groups is 5. The Labute approximate surface area is 281 Å². The lowest BCUT2D eigenvalue weighted by atomic mass is 9.96. The summed E-state index contributed by atoms with van der Waals surface area (Å²) in [4.78, 5) is 65.4. The molecule has 0 aliphatic carbocycles. The maximum Gasteiger partial charge on any atom is 0.305 e. The minimum absolute atomic E-state index is 0.129. The normalized spacial score (nSPS) is 12.8. The zero-order chi connectivity index (χ0) is 34.9. The van der Waals surface area contributed by atoms with E-state index in [1.165, 1.54) is 23.8 Å². The highest BCUT2D eigenvalue weighted by molar-refractivity contribution is 7.98. The first-order valence-electron chi connectivity index (χ1n) is 15.7. The molecule has 13 heteroatoms. The Kier molecular flexibility index (Phi) is 16.8. The number of ether oxygens (including phenoxy) is 1. The van der Waals surface area contributed by atoms with Gasteiger partial charge >= 0.3 is 5.97 Å². The highest BCUT2D eigenvalue weighted by Crippen LogP contribution is 2.22. The minimum Gasteiger partial charge on any atom is -0.508 e. The summed E-state index contributed by atoms with van der Waals surface area (Å²) < 4.78 is 4.68. The average Bonchev–Trinajstić information content (AvgIpc) is 3.04. The van der Waals surface area contributed by atoms with Gasteiger partial charge in [0.2, 0.25) is 23.6 Å². The van der Waals surface area contributed by atoms with Crippen LogP contribution in [-0.2, 0) is 41.6 Å². The molecular formula is C34H49N5O7S. The molecule has 0 saturated carbocycles. The molecule has 2 aromatic carbocycles. The SMILES string of the molecule is COC(=O)CCCCCN(C(=O)CNC(=O)[C@@H](CCSC)NC(=O)[C@@H](N)Cc1c(C)cc(O)cc1C)[C@@H](Cc1ccccc1)C(N)=O. The van der Waals surface area contributed by atoms with E-state index >= 15 is 0 Å². The van der Waals surface area contributed by atoms with E-state index in [1.807, 2.05) is 50.4 Å². The number of nitrogens with zero attached hydrogens (tertiary/aromatic N) is 1. The number of thioether (sulfide) groups is 1. The highest BCUT2D eigenvalue weighted by Gasteiger charge is 2.30. The number of hydrogen-bond donors (Lipinski definition) is 5. The van der Waals surface area contributed by atoms with Crippen LogP contribution < -0.4 is 22.1 Å². The van der Waals surface area contributed by atoms with E-state index < -0.39 is 48.3 Å². The van der Waals surface area contributed by atoms with Crippen molar-refractivity contribution in [3.05, 3.63) is 64.7 Å². The van der Waals surface area contributed by atoms with E-state index in [-0.39, 0.29) is 37.5 Å². The number of benzene rings is 2. The van der Waals surface area contributed by atoms with Gasteiger partial charge in [0.25, 0.3) is 0 Å². The molecule has 0 fully saturated rings. The van der Waals surface area contributed by atoms with Crippen molar-refractivity contribution in [1.29, 1.82) is 0 Å². The summed E-state index contributed by atoms with van der Waals surface area (Å²) in [5.41, 5.74) is 15.3. The second-order valence-electron chi connectivity index (χ2n) is 11.5. The number of phenols is 1. The Morgan fingerprint density at radius 1 is 0.979 bits per heavy atom. The number of amides is 4. The van der Waals surface area contributed by atoms with Crippen molar-refractivity contribution in [3.8, 4) is 5.75 Å². The summed E-state index contributed by atoms with van der Waals surface area (Å²) in [5.74, 6) is -1.89. The third kappa shape index (κ3) is 13.3. The summed E-state index contributed by atoms with van der Waals surface area (Å²) in [6, 6.07) is 9.53. The van der Waals surface area contributed by atoms with E-state index in [0.29, 0.717) is 31.4 Å². The van der Waals surface area contributed by atoms with Gasteiger partial charge in [-0.15, -0.1) is 0 Å². The van der Waals surface area contributed by atoms with Gasteiger partial charge in [0, 0.05) is 19.4 Å². The molecule has 47 heavy (non-hydrogen) atoms. The molecule has 4 amide bonds. The maximum atomic E-state index is 13.6. The van der Waals surface area contributed by atoms with Gasteiger partial charge in [-0.1, -0.05) is 36.8 Å². The van der Waals surface area contributed by atoms with Gasteiger partial charge in [-0.3, -0.25) is 24.0 Å². The van der Waals surface area contributed by atoms with Crippen molar-refractivity contribution in [1.82, 2.24) is 15.5 Å². The molecule has 0 radical (unpaired) electrons. The van der Waals surface area contributed by atoms with Crippen molar-refractivity contribution < 1.29 is 33.8 Å². The molecule has 2 rings (SSSR count). The van der Waals surface area contributed by atoms with E-state index in [2.05, 4.69) is 15.4 Å². The maximum absolute atomic E-state index is 13.6.